The first-order chi connectivity index (χ1) is 20.7. The van der Waals surface area contributed by atoms with Crippen LogP contribution in [0.1, 0.15) is 5.82 Å². The molecule has 0 N–H and O–H groups in total. The van der Waals surface area contributed by atoms with E-state index in [-0.39, 0.29) is 0 Å². The topological polar surface area (TPSA) is 51.8 Å². The highest BCUT2D eigenvalue weighted by atomic mass is 32.1. The fourth-order valence-electron chi connectivity index (χ4n) is 6.31. The van der Waals surface area contributed by atoms with Gasteiger partial charge in [0.05, 0.1) is 0 Å². The van der Waals surface area contributed by atoms with Gasteiger partial charge in [0.25, 0.3) is 0 Å². The fraction of sp³-hybridized carbons (Fsp3) is 0. The summed E-state index contributed by atoms with van der Waals surface area (Å²) in [6.07, 6.45) is 1.67. The summed E-state index contributed by atoms with van der Waals surface area (Å²) in [5.74, 6) is 1.66. The van der Waals surface area contributed by atoms with E-state index in [1.807, 2.05) is 53.8 Å². The smallest absolute Gasteiger partial charge is 0.164 e. The summed E-state index contributed by atoms with van der Waals surface area (Å²) >= 11 is 1.85. The van der Waals surface area contributed by atoms with E-state index in [9.17, 15) is 0 Å². The summed E-state index contributed by atoms with van der Waals surface area (Å²) in [5, 5.41) is 9.48. The highest BCUT2D eigenvalue weighted by molar-refractivity contribution is 7.26. The number of hydrogen-bond donors (Lipinski definition) is 0. The highest BCUT2D eigenvalue weighted by Crippen LogP contribution is 2.48. The van der Waals surface area contributed by atoms with E-state index in [0.29, 0.717) is 23.0 Å². The summed E-state index contributed by atoms with van der Waals surface area (Å²) in [6, 6.07) is 33.6. The molecule has 0 saturated carbocycles. The van der Waals surface area contributed by atoms with Crippen molar-refractivity contribution >= 4 is 80.6 Å². The van der Waals surface area contributed by atoms with Crippen molar-refractivity contribution in [2.75, 3.05) is 0 Å². The molecular weight excluding hydrogens is 534 g/mol. The molecule has 0 aliphatic heterocycles. The van der Waals surface area contributed by atoms with Crippen molar-refractivity contribution in [1.82, 2.24) is 15.0 Å². The van der Waals surface area contributed by atoms with E-state index in [1.165, 1.54) is 36.3 Å². The molecular formula is C37H21N3OS. The molecule has 0 saturated heterocycles. The van der Waals surface area contributed by atoms with E-state index in [2.05, 4.69) is 67.8 Å². The van der Waals surface area contributed by atoms with E-state index in [1.54, 1.807) is 6.08 Å². The number of furan rings is 1. The van der Waals surface area contributed by atoms with Crippen LogP contribution in [0.2, 0.25) is 0 Å². The molecule has 5 heteroatoms. The first-order valence-electron chi connectivity index (χ1n) is 13.8. The third-order valence-electron chi connectivity index (χ3n) is 8.19. The molecule has 9 aromatic rings. The normalized spacial score (nSPS) is 12.0. The lowest BCUT2D eigenvalue weighted by atomic mass is 9.93. The maximum Gasteiger partial charge on any atom is 0.164 e. The Hall–Kier alpha value is -5.39. The van der Waals surface area contributed by atoms with E-state index in [4.69, 9.17) is 19.4 Å². The first-order valence-corrected chi connectivity index (χ1v) is 14.6. The molecule has 0 atom stereocenters. The molecule has 9 rings (SSSR count). The Bertz CT molecular complexity index is 2560. The summed E-state index contributed by atoms with van der Waals surface area (Å²) in [7, 11) is 0. The van der Waals surface area contributed by atoms with E-state index < -0.39 is 0 Å². The van der Waals surface area contributed by atoms with Crippen molar-refractivity contribution in [1.29, 1.82) is 0 Å². The van der Waals surface area contributed by atoms with Gasteiger partial charge in [-0.15, -0.1) is 11.3 Å². The fourth-order valence-corrected chi connectivity index (χ4v) is 7.47. The lowest BCUT2D eigenvalue weighted by Gasteiger charge is -2.10. The van der Waals surface area contributed by atoms with Gasteiger partial charge in [-0.1, -0.05) is 92.0 Å². The lowest BCUT2D eigenvalue weighted by molar-refractivity contribution is 0.673. The van der Waals surface area contributed by atoms with E-state index >= 15 is 0 Å². The van der Waals surface area contributed by atoms with Crippen LogP contribution in [-0.4, -0.2) is 15.0 Å². The second kappa shape index (κ2) is 8.56. The molecule has 42 heavy (non-hydrogen) atoms. The van der Waals surface area contributed by atoms with Gasteiger partial charge < -0.3 is 4.42 Å². The van der Waals surface area contributed by atoms with Crippen LogP contribution in [0.15, 0.2) is 121 Å². The van der Waals surface area contributed by atoms with Crippen LogP contribution in [0.4, 0.5) is 0 Å². The van der Waals surface area contributed by atoms with Gasteiger partial charge >= 0.3 is 0 Å². The van der Waals surface area contributed by atoms with E-state index in [0.717, 1.165) is 38.5 Å². The maximum absolute atomic E-state index is 6.74. The number of rotatable bonds is 4. The molecule has 0 aliphatic carbocycles. The van der Waals surface area contributed by atoms with Crippen LogP contribution in [0.5, 0.6) is 0 Å². The average Bonchev–Trinajstić information content (AvgIpc) is 3.63. The Kier molecular flexibility index (Phi) is 4.75. The zero-order chi connectivity index (χ0) is 27.9. The monoisotopic (exact) mass is 555 g/mol. The van der Waals surface area contributed by atoms with Crippen LogP contribution in [-0.2, 0) is 0 Å². The van der Waals surface area contributed by atoms with Gasteiger partial charge in [-0.25, -0.2) is 15.0 Å². The van der Waals surface area contributed by atoms with Crippen LogP contribution in [0.25, 0.3) is 92.0 Å². The minimum atomic E-state index is 0.501. The molecule has 0 aliphatic rings. The molecule has 3 aromatic heterocycles. The third-order valence-corrected chi connectivity index (χ3v) is 9.31. The minimum Gasteiger partial charge on any atom is -0.455 e. The standard InChI is InChI=1S/C37H21N3OS/c1-3-20(2)35-38-36(21-10-5-4-6-11-21)40-37(39-35)26-14-7-15-27-30(26)25-19-18-23-22-12-8-16-28-32(22)33-24(31(23)34(25)41-27)13-9-17-29(33)42-28/h3-19H,1-2H2. The van der Waals surface area contributed by atoms with Crippen molar-refractivity contribution < 1.29 is 4.42 Å². The van der Waals surface area contributed by atoms with Gasteiger partial charge in [-0.05, 0) is 40.4 Å². The quantitative estimate of drug-likeness (QED) is 0.160. The van der Waals surface area contributed by atoms with Gasteiger partial charge in [-0.3, -0.25) is 0 Å². The second-order valence-electron chi connectivity index (χ2n) is 10.5. The number of allylic oxidation sites excluding steroid dienone is 2. The number of benzene rings is 6. The molecule has 0 bridgehead atoms. The number of aromatic nitrogens is 3. The number of nitrogens with zero attached hydrogens (tertiary/aromatic N) is 3. The number of hydrogen-bond acceptors (Lipinski definition) is 5. The molecule has 0 unspecified atom stereocenters. The zero-order valence-electron chi connectivity index (χ0n) is 22.4. The Labute approximate surface area is 244 Å². The molecule has 0 spiro atoms. The number of fused-ring (bicyclic) bond motifs is 7. The Morgan fingerprint density at radius 3 is 2.12 bits per heavy atom. The molecule has 4 nitrogen and oxygen atoms in total. The summed E-state index contributed by atoms with van der Waals surface area (Å²) < 4.78 is 9.35. The van der Waals surface area contributed by atoms with Crippen molar-refractivity contribution in [2.24, 2.45) is 0 Å². The Balaban J connectivity index is 1.40. The van der Waals surface area contributed by atoms with Gasteiger partial charge in [-0.2, -0.15) is 0 Å². The second-order valence-corrected chi connectivity index (χ2v) is 11.6. The third kappa shape index (κ3) is 3.14. The van der Waals surface area contributed by atoms with Gasteiger partial charge in [0.1, 0.15) is 11.2 Å². The predicted molar refractivity (Wildman–Crippen MR) is 176 cm³/mol. The lowest BCUT2D eigenvalue weighted by Crippen LogP contribution is -2.02. The SMILES string of the molecule is C=CC(=C)c1nc(-c2ccccc2)nc(-c2cccc3oc4c(ccc5c6cccc7sc8cccc(c54)c8c76)c23)n1. The van der Waals surface area contributed by atoms with Crippen molar-refractivity contribution in [2.45, 2.75) is 0 Å². The van der Waals surface area contributed by atoms with Crippen LogP contribution in [0.3, 0.4) is 0 Å². The minimum absolute atomic E-state index is 0.501. The number of thiophene rings is 1. The molecule has 0 amide bonds. The van der Waals surface area contributed by atoms with Gasteiger partial charge in [0, 0.05) is 53.0 Å². The van der Waals surface area contributed by atoms with Crippen LogP contribution >= 0.6 is 11.3 Å². The Morgan fingerprint density at radius 2 is 1.31 bits per heavy atom. The highest BCUT2D eigenvalue weighted by Gasteiger charge is 2.22. The molecule has 0 radical (unpaired) electrons. The molecule has 3 heterocycles. The van der Waals surface area contributed by atoms with Crippen molar-refractivity contribution in [3.05, 3.63) is 122 Å². The van der Waals surface area contributed by atoms with Crippen LogP contribution < -0.4 is 0 Å². The molecule has 6 aromatic carbocycles. The predicted octanol–water partition coefficient (Wildman–Crippen LogP) is 10.4. The Morgan fingerprint density at radius 1 is 0.619 bits per heavy atom. The summed E-state index contributed by atoms with van der Waals surface area (Å²) in [6.45, 7) is 8.02. The maximum atomic E-state index is 6.74. The average molecular weight is 556 g/mol. The largest absolute Gasteiger partial charge is 0.455 e. The zero-order valence-corrected chi connectivity index (χ0v) is 23.2. The van der Waals surface area contributed by atoms with Gasteiger partial charge in [0.15, 0.2) is 17.5 Å². The molecule has 0 fully saturated rings. The molecule has 196 valence electrons. The summed E-state index contributed by atoms with van der Waals surface area (Å²) in [4.78, 5) is 14.6. The summed E-state index contributed by atoms with van der Waals surface area (Å²) in [5.41, 5.74) is 4.11. The van der Waals surface area contributed by atoms with Crippen molar-refractivity contribution in [3.63, 3.8) is 0 Å². The van der Waals surface area contributed by atoms with Crippen molar-refractivity contribution in [3.8, 4) is 22.8 Å². The van der Waals surface area contributed by atoms with Crippen LogP contribution in [0, 0.1) is 0 Å². The van der Waals surface area contributed by atoms with Gasteiger partial charge in [0.2, 0.25) is 0 Å². The first kappa shape index (κ1) is 23.3.